The average molecular weight is 335 g/mol. The molecular weight excluding hydrogens is 316 g/mol. The molecule has 0 radical (unpaired) electrons. The van der Waals surface area contributed by atoms with Crippen LogP contribution in [0.1, 0.15) is 25.0 Å². The second-order valence-corrected chi connectivity index (χ2v) is 8.05. The fourth-order valence-corrected chi connectivity index (χ4v) is 4.29. The second-order valence-electron chi connectivity index (χ2n) is 7.13. The van der Waals surface area contributed by atoms with Crippen LogP contribution in [0.5, 0.6) is 11.5 Å². The van der Waals surface area contributed by atoms with Gasteiger partial charge in [0, 0.05) is 27.1 Å². The van der Waals surface area contributed by atoms with Gasteiger partial charge in [0.2, 0.25) is 5.75 Å². The largest absolute Gasteiger partial charge is 0.448 e. The molecule has 0 saturated heterocycles. The molecule has 1 aromatic carbocycles. The molecule has 0 amide bonds. The molecule has 4 rings (SSSR count). The maximum absolute atomic E-state index is 9.41. The molecule has 0 N–H and O–H groups in total. The van der Waals surface area contributed by atoms with Crippen molar-refractivity contribution in [2.75, 3.05) is 0 Å². The minimum Gasteiger partial charge on any atom is -0.448 e. The van der Waals surface area contributed by atoms with Gasteiger partial charge in [-0.2, -0.15) is 9.83 Å². The smallest absolute Gasteiger partial charge is 0.256 e. The van der Waals surface area contributed by atoms with Crippen LogP contribution in [0.3, 0.4) is 0 Å². The third kappa shape index (κ3) is 2.12. The Morgan fingerprint density at radius 1 is 1.29 bits per heavy atom. The number of thiophene rings is 1. The highest BCUT2D eigenvalue weighted by atomic mass is 32.1. The van der Waals surface area contributed by atoms with Crippen molar-refractivity contribution in [2.24, 2.45) is 12.5 Å². The van der Waals surface area contributed by atoms with E-state index in [1.807, 2.05) is 13.8 Å². The Morgan fingerprint density at radius 2 is 2.08 bits per heavy atom. The van der Waals surface area contributed by atoms with E-state index in [-0.39, 0.29) is 0 Å². The summed E-state index contributed by atoms with van der Waals surface area (Å²) in [5.41, 5.74) is 4.27. The van der Waals surface area contributed by atoms with Gasteiger partial charge in [-0.25, -0.2) is 0 Å². The topological polar surface area (TPSA) is 36.9 Å². The molecule has 1 aliphatic rings. The summed E-state index contributed by atoms with van der Waals surface area (Å²) in [7, 11) is 2.05. The number of nitrogens with zero attached hydrogens (tertiary/aromatic N) is 2. The molecule has 0 spiro atoms. The standard InChI is InChI=1S/C20H19N2OS/c1-12-5-6-15-17-14(10-24-15)23-19-13(9-20(2,3)11-21)7-8-22(4)18(19)16(12)17/h5-8,10H,9H2,1-4H3/q+1. The van der Waals surface area contributed by atoms with Gasteiger partial charge in [0.15, 0.2) is 6.20 Å². The van der Waals surface area contributed by atoms with Crippen molar-refractivity contribution in [3.05, 3.63) is 40.9 Å². The van der Waals surface area contributed by atoms with Crippen LogP contribution in [-0.4, -0.2) is 0 Å². The summed E-state index contributed by atoms with van der Waals surface area (Å²) in [5, 5.41) is 12.7. The number of benzene rings is 1. The molecule has 4 heteroatoms. The predicted octanol–water partition coefficient (Wildman–Crippen LogP) is 4.90. The van der Waals surface area contributed by atoms with Crippen LogP contribution in [0.25, 0.3) is 21.3 Å². The number of aromatic nitrogens is 1. The molecule has 0 atom stereocenters. The van der Waals surface area contributed by atoms with Crippen LogP contribution >= 0.6 is 11.3 Å². The first-order chi connectivity index (χ1) is 11.4. The Hall–Kier alpha value is -2.38. The van der Waals surface area contributed by atoms with E-state index in [9.17, 15) is 5.26 Å². The molecule has 0 bridgehead atoms. The van der Waals surface area contributed by atoms with E-state index >= 15 is 0 Å². The third-order valence-electron chi connectivity index (χ3n) is 4.66. The lowest BCUT2D eigenvalue weighted by Gasteiger charge is -2.22. The van der Waals surface area contributed by atoms with E-state index in [1.54, 1.807) is 11.3 Å². The quantitative estimate of drug-likeness (QED) is 0.489. The van der Waals surface area contributed by atoms with Gasteiger partial charge in [-0.15, -0.1) is 11.3 Å². The summed E-state index contributed by atoms with van der Waals surface area (Å²) in [4.78, 5) is 0. The zero-order chi connectivity index (χ0) is 17.1. The van der Waals surface area contributed by atoms with Gasteiger partial charge in [-0.3, -0.25) is 0 Å². The first-order valence-electron chi connectivity index (χ1n) is 8.03. The lowest BCUT2D eigenvalue weighted by molar-refractivity contribution is -0.660. The average Bonchev–Trinajstić information content (AvgIpc) is 2.96. The SMILES string of the molecule is Cc1ccc2scc3c2c1-c1c(c(CC(C)(C)C#N)cc[n+]1C)O3. The summed E-state index contributed by atoms with van der Waals surface area (Å²) in [6.07, 6.45) is 2.74. The molecule has 0 saturated carbocycles. The van der Waals surface area contributed by atoms with Gasteiger partial charge >= 0.3 is 0 Å². The number of pyridine rings is 1. The van der Waals surface area contributed by atoms with E-state index in [2.05, 4.69) is 54.4 Å². The lowest BCUT2D eigenvalue weighted by atomic mass is 9.86. The van der Waals surface area contributed by atoms with E-state index < -0.39 is 5.41 Å². The van der Waals surface area contributed by atoms with Crippen molar-refractivity contribution in [1.82, 2.24) is 0 Å². The normalized spacial score (nSPS) is 12.6. The van der Waals surface area contributed by atoms with Crippen LogP contribution in [0.2, 0.25) is 0 Å². The molecular formula is C20H19N2OS+. The van der Waals surface area contributed by atoms with E-state index in [1.165, 1.54) is 21.2 Å². The number of nitriles is 1. The first kappa shape index (κ1) is 15.2. The van der Waals surface area contributed by atoms with Gasteiger partial charge in [-0.1, -0.05) is 6.07 Å². The van der Waals surface area contributed by atoms with Gasteiger partial charge in [0.1, 0.15) is 12.8 Å². The van der Waals surface area contributed by atoms with Crippen molar-refractivity contribution in [3.8, 4) is 28.8 Å². The fraction of sp³-hybridized carbons (Fsp3) is 0.300. The molecule has 120 valence electrons. The van der Waals surface area contributed by atoms with Gasteiger partial charge in [0.05, 0.1) is 17.0 Å². The summed E-state index contributed by atoms with van der Waals surface area (Å²) >= 11 is 1.71. The summed E-state index contributed by atoms with van der Waals surface area (Å²) < 4.78 is 9.70. The molecule has 24 heavy (non-hydrogen) atoms. The minimum atomic E-state index is -0.424. The number of hydrogen-bond acceptors (Lipinski definition) is 3. The van der Waals surface area contributed by atoms with E-state index in [0.29, 0.717) is 6.42 Å². The first-order valence-corrected chi connectivity index (χ1v) is 8.91. The Labute approximate surface area is 145 Å². The van der Waals surface area contributed by atoms with Crippen molar-refractivity contribution in [2.45, 2.75) is 27.2 Å². The molecule has 3 aromatic rings. The Balaban J connectivity index is 2.02. The van der Waals surface area contributed by atoms with Crippen LogP contribution in [0, 0.1) is 23.7 Å². The van der Waals surface area contributed by atoms with Crippen molar-refractivity contribution < 1.29 is 9.30 Å². The zero-order valence-electron chi connectivity index (χ0n) is 14.3. The molecule has 0 unspecified atom stereocenters. The summed E-state index contributed by atoms with van der Waals surface area (Å²) in [5.74, 6) is 1.83. The molecule has 1 aliphatic heterocycles. The molecule has 3 nitrogen and oxygen atoms in total. The number of rotatable bonds is 2. The van der Waals surface area contributed by atoms with Crippen LogP contribution in [-0.2, 0) is 13.5 Å². The summed E-state index contributed by atoms with van der Waals surface area (Å²) in [6.45, 7) is 6.09. The second kappa shape index (κ2) is 5.06. The highest BCUT2D eigenvalue weighted by Gasteiger charge is 2.33. The molecule has 0 aliphatic carbocycles. The van der Waals surface area contributed by atoms with E-state index in [0.717, 1.165) is 22.8 Å². The van der Waals surface area contributed by atoms with Crippen molar-refractivity contribution in [3.63, 3.8) is 0 Å². The Bertz CT molecular complexity index is 1020. The zero-order valence-corrected chi connectivity index (χ0v) is 15.1. The summed E-state index contributed by atoms with van der Waals surface area (Å²) in [6, 6.07) is 8.82. The van der Waals surface area contributed by atoms with Gasteiger partial charge in [-0.05, 0) is 38.8 Å². The lowest BCUT2D eigenvalue weighted by Crippen LogP contribution is -2.32. The molecule has 0 fully saturated rings. The van der Waals surface area contributed by atoms with Crippen LogP contribution < -0.4 is 9.30 Å². The van der Waals surface area contributed by atoms with Gasteiger partial charge < -0.3 is 4.74 Å². The number of aryl methyl sites for hydroxylation is 2. The minimum absolute atomic E-state index is 0.424. The maximum Gasteiger partial charge on any atom is 0.256 e. The highest BCUT2D eigenvalue weighted by Crippen LogP contribution is 2.50. The monoisotopic (exact) mass is 335 g/mol. The molecule has 3 heterocycles. The number of fused-ring (bicyclic) bond motifs is 2. The highest BCUT2D eigenvalue weighted by molar-refractivity contribution is 7.17. The predicted molar refractivity (Wildman–Crippen MR) is 96.3 cm³/mol. The Morgan fingerprint density at radius 3 is 2.83 bits per heavy atom. The van der Waals surface area contributed by atoms with Gasteiger partial charge in [0.25, 0.3) is 5.69 Å². The van der Waals surface area contributed by atoms with Crippen LogP contribution in [0.15, 0.2) is 29.8 Å². The molecule has 2 aromatic heterocycles. The van der Waals surface area contributed by atoms with Crippen molar-refractivity contribution in [1.29, 1.82) is 5.26 Å². The number of ether oxygens (including phenoxy) is 1. The van der Waals surface area contributed by atoms with E-state index in [4.69, 9.17) is 4.74 Å². The Kier molecular flexibility index (Phi) is 3.20. The third-order valence-corrected chi connectivity index (χ3v) is 5.58. The van der Waals surface area contributed by atoms with Crippen LogP contribution in [0.4, 0.5) is 0 Å². The number of hydrogen-bond donors (Lipinski definition) is 0. The maximum atomic E-state index is 9.41. The van der Waals surface area contributed by atoms with Crippen molar-refractivity contribution >= 4 is 21.4 Å². The fourth-order valence-electron chi connectivity index (χ4n) is 3.42.